The van der Waals surface area contributed by atoms with Gasteiger partial charge in [0.25, 0.3) is 0 Å². The van der Waals surface area contributed by atoms with Crippen LogP contribution in [-0.2, 0) is 16.1 Å². The number of carbonyl (C=O) groups is 1. The number of nitrogens with one attached hydrogen (secondary N) is 1. The second-order valence-electron chi connectivity index (χ2n) is 5.72. The van der Waals surface area contributed by atoms with Gasteiger partial charge in [0.2, 0.25) is 5.91 Å². The molecule has 0 aromatic carbocycles. The van der Waals surface area contributed by atoms with Crippen LogP contribution < -0.4 is 5.32 Å². The molecule has 3 rings (SSSR count). The van der Waals surface area contributed by atoms with Crippen LogP contribution >= 0.6 is 11.3 Å². The van der Waals surface area contributed by atoms with Crippen LogP contribution in [0.2, 0.25) is 0 Å². The molecule has 0 saturated carbocycles. The molecule has 1 aromatic rings. The number of hydrogen-bond donors (Lipinski definition) is 1. The molecule has 2 fully saturated rings. The van der Waals surface area contributed by atoms with Gasteiger partial charge in [-0.25, -0.2) is 0 Å². The molecule has 0 spiro atoms. The summed E-state index contributed by atoms with van der Waals surface area (Å²) in [5.41, 5.74) is 1.38. The van der Waals surface area contributed by atoms with E-state index in [4.69, 9.17) is 4.74 Å². The SMILES string of the molecule is O=C(CC1COCCN1)N1CCN(Cc2ccsc2)CC1. The van der Waals surface area contributed by atoms with Gasteiger partial charge in [-0.3, -0.25) is 9.69 Å². The number of nitrogens with zero attached hydrogens (tertiary/aromatic N) is 2. The number of thiophene rings is 1. The Morgan fingerprint density at radius 3 is 2.90 bits per heavy atom. The fraction of sp³-hybridized carbons (Fsp3) is 0.667. The molecular weight excluding hydrogens is 286 g/mol. The molecule has 3 heterocycles. The summed E-state index contributed by atoms with van der Waals surface area (Å²) in [6.45, 7) is 6.89. The minimum absolute atomic E-state index is 0.190. The minimum Gasteiger partial charge on any atom is -0.378 e. The van der Waals surface area contributed by atoms with Crippen molar-refractivity contribution in [1.82, 2.24) is 15.1 Å². The van der Waals surface area contributed by atoms with E-state index in [1.54, 1.807) is 11.3 Å². The molecule has 6 heteroatoms. The van der Waals surface area contributed by atoms with Crippen molar-refractivity contribution in [3.63, 3.8) is 0 Å². The fourth-order valence-corrected chi connectivity index (χ4v) is 3.55. The maximum absolute atomic E-state index is 12.3. The molecule has 1 aromatic heterocycles. The van der Waals surface area contributed by atoms with Crippen molar-refractivity contribution in [3.05, 3.63) is 22.4 Å². The lowest BCUT2D eigenvalue weighted by molar-refractivity contribution is -0.134. The Labute approximate surface area is 129 Å². The van der Waals surface area contributed by atoms with Crippen molar-refractivity contribution < 1.29 is 9.53 Å². The van der Waals surface area contributed by atoms with Crippen molar-refractivity contribution in [3.8, 4) is 0 Å². The summed E-state index contributed by atoms with van der Waals surface area (Å²) in [7, 11) is 0. The Morgan fingerprint density at radius 1 is 1.38 bits per heavy atom. The molecule has 0 aliphatic carbocycles. The monoisotopic (exact) mass is 309 g/mol. The second kappa shape index (κ2) is 7.35. The molecule has 0 radical (unpaired) electrons. The molecule has 2 saturated heterocycles. The molecule has 1 N–H and O–H groups in total. The summed E-state index contributed by atoms with van der Waals surface area (Å²) in [6.07, 6.45) is 0.560. The summed E-state index contributed by atoms with van der Waals surface area (Å²) < 4.78 is 5.41. The van der Waals surface area contributed by atoms with Crippen LogP contribution in [0, 0.1) is 0 Å². The second-order valence-corrected chi connectivity index (χ2v) is 6.50. The van der Waals surface area contributed by atoms with Gasteiger partial charge in [-0.05, 0) is 22.4 Å². The molecule has 116 valence electrons. The van der Waals surface area contributed by atoms with Crippen LogP contribution in [-0.4, -0.2) is 67.7 Å². The molecule has 1 atom stereocenters. The van der Waals surface area contributed by atoms with E-state index in [9.17, 15) is 4.79 Å². The topological polar surface area (TPSA) is 44.8 Å². The van der Waals surface area contributed by atoms with Crippen LogP contribution in [0.1, 0.15) is 12.0 Å². The predicted molar refractivity (Wildman–Crippen MR) is 83.4 cm³/mol. The number of amides is 1. The lowest BCUT2D eigenvalue weighted by atomic mass is 10.1. The van der Waals surface area contributed by atoms with Crippen molar-refractivity contribution >= 4 is 17.2 Å². The van der Waals surface area contributed by atoms with Crippen molar-refractivity contribution in [2.75, 3.05) is 45.9 Å². The summed E-state index contributed by atoms with van der Waals surface area (Å²) in [5, 5.41) is 7.67. The zero-order valence-electron chi connectivity index (χ0n) is 12.3. The first-order valence-electron chi connectivity index (χ1n) is 7.63. The largest absolute Gasteiger partial charge is 0.378 e. The van der Waals surface area contributed by atoms with Gasteiger partial charge in [0, 0.05) is 51.7 Å². The normalized spacial score (nSPS) is 24.2. The molecule has 21 heavy (non-hydrogen) atoms. The number of rotatable bonds is 4. The Hall–Kier alpha value is -0.950. The van der Waals surface area contributed by atoms with Gasteiger partial charge in [-0.2, -0.15) is 11.3 Å². The number of ether oxygens (including phenoxy) is 1. The van der Waals surface area contributed by atoms with E-state index in [2.05, 4.69) is 27.0 Å². The third-order valence-electron chi connectivity index (χ3n) is 4.13. The number of morpholine rings is 1. The molecule has 1 unspecified atom stereocenters. The molecule has 2 aliphatic rings. The highest BCUT2D eigenvalue weighted by Gasteiger charge is 2.24. The summed E-state index contributed by atoms with van der Waals surface area (Å²) in [4.78, 5) is 16.7. The number of hydrogen-bond acceptors (Lipinski definition) is 5. The first-order chi connectivity index (χ1) is 10.3. The van der Waals surface area contributed by atoms with Gasteiger partial charge in [0.05, 0.1) is 13.2 Å². The first kappa shape index (κ1) is 15.0. The van der Waals surface area contributed by atoms with Crippen LogP contribution in [0.5, 0.6) is 0 Å². The fourth-order valence-electron chi connectivity index (χ4n) is 2.89. The summed E-state index contributed by atoms with van der Waals surface area (Å²) >= 11 is 1.74. The molecule has 5 nitrogen and oxygen atoms in total. The van der Waals surface area contributed by atoms with Gasteiger partial charge < -0.3 is 15.0 Å². The van der Waals surface area contributed by atoms with Gasteiger partial charge in [0.1, 0.15) is 0 Å². The van der Waals surface area contributed by atoms with Crippen molar-refractivity contribution in [1.29, 1.82) is 0 Å². The lowest BCUT2D eigenvalue weighted by Gasteiger charge is -2.35. The Morgan fingerprint density at radius 2 is 2.24 bits per heavy atom. The van der Waals surface area contributed by atoms with E-state index < -0.39 is 0 Å². The average molecular weight is 309 g/mol. The predicted octanol–water partition coefficient (Wildman–Crippen LogP) is 0.771. The zero-order valence-corrected chi connectivity index (χ0v) is 13.1. The Bertz CT molecular complexity index is 438. The van der Waals surface area contributed by atoms with Crippen LogP contribution in [0.25, 0.3) is 0 Å². The molecular formula is C15H23N3O2S. The molecule has 2 aliphatic heterocycles. The van der Waals surface area contributed by atoms with Gasteiger partial charge in [0.15, 0.2) is 0 Å². The zero-order chi connectivity index (χ0) is 14.5. The van der Waals surface area contributed by atoms with Crippen LogP contribution in [0.3, 0.4) is 0 Å². The summed E-state index contributed by atoms with van der Waals surface area (Å²) in [5.74, 6) is 0.258. The molecule has 0 bridgehead atoms. The van der Waals surface area contributed by atoms with E-state index in [1.807, 2.05) is 4.90 Å². The third-order valence-corrected chi connectivity index (χ3v) is 4.86. The number of carbonyl (C=O) groups excluding carboxylic acids is 1. The van der Waals surface area contributed by atoms with Crippen molar-refractivity contribution in [2.45, 2.75) is 19.0 Å². The van der Waals surface area contributed by atoms with E-state index in [1.165, 1.54) is 5.56 Å². The maximum atomic E-state index is 12.3. The number of piperazine rings is 1. The quantitative estimate of drug-likeness (QED) is 0.892. The minimum atomic E-state index is 0.190. The van der Waals surface area contributed by atoms with Crippen LogP contribution in [0.4, 0.5) is 0 Å². The first-order valence-corrected chi connectivity index (χ1v) is 8.58. The molecule has 1 amide bonds. The Kier molecular flexibility index (Phi) is 5.24. The van der Waals surface area contributed by atoms with E-state index in [0.29, 0.717) is 13.0 Å². The lowest BCUT2D eigenvalue weighted by Crippen LogP contribution is -2.51. The Balaban J connectivity index is 1.41. The van der Waals surface area contributed by atoms with Gasteiger partial charge in [-0.15, -0.1) is 0 Å². The highest BCUT2D eigenvalue weighted by atomic mass is 32.1. The third kappa shape index (κ3) is 4.26. The van der Waals surface area contributed by atoms with E-state index in [-0.39, 0.29) is 11.9 Å². The van der Waals surface area contributed by atoms with Gasteiger partial charge >= 0.3 is 0 Å². The smallest absolute Gasteiger partial charge is 0.224 e. The highest BCUT2D eigenvalue weighted by Crippen LogP contribution is 2.12. The highest BCUT2D eigenvalue weighted by molar-refractivity contribution is 7.07. The van der Waals surface area contributed by atoms with E-state index in [0.717, 1.165) is 45.9 Å². The maximum Gasteiger partial charge on any atom is 0.224 e. The van der Waals surface area contributed by atoms with Gasteiger partial charge in [-0.1, -0.05) is 0 Å². The van der Waals surface area contributed by atoms with Crippen LogP contribution in [0.15, 0.2) is 16.8 Å². The van der Waals surface area contributed by atoms with Crippen molar-refractivity contribution in [2.24, 2.45) is 0 Å². The van der Waals surface area contributed by atoms with E-state index >= 15 is 0 Å². The summed E-state index contributed by atoms with van der Waals surface area (Å²) in [6, 6.07) is 2.37. The average Bonchev–Trinajstić information content (AvgIpc) is 3.02. The standard InChI is InChI=1S/C15H23N3O2S/c19-15(9-14-11-20-7-2-16-14)18-5-3-17(4-6-18)10-13-1-8-21-12-13/h1,8,12,14,16H,2-7,9-11H2.